The highest BCUT2D eigenvalue weighted by Crippen LogP contribution is 2.22. The quantitative estimate of drug-likeness (QED) is 0.633. The van der Waals surface area contributed by atoms with E-state index in [1.165, 1.54) is 13.2 Å². The van der Waals surface area contributed by atoms with Crippen LogP contribution in [0.25, 0.3) is 0 Å². The maximum absolute atomic E-state index is 13.5. The second-order valence-corrected chi connectivity index (χ2v) is 3.91. The van der Waals surface area contributed by atoms with Crippen molar-refractivity contribution in [1.29, 1.82) is 0 Å². The molecule has 1 aromatic carbocycles. The summed E-state index contributed by atoms with van der Waals surface area (Å²) in [6.45, 7) is 0. The van der Waals surface area contributed by atoms with Crippen molar-refractivity contribution in [3.8, 4) is 0 Å². The molecule has 0 N–H and O–H groups in total. The Morgan fingerprint density at radius 3 is 2.80 bits per heavy atom. The number of carbonyl (C=O) groups excluding carboxylic acids is 1. The molecule has 0 amide bonds. The van der Waals surface area contributed by atoms with Crippen LogP contribution < -0.4 is 0 Å². The molecular formula is C10H9BrClFO2. The van der Waals surface area contributed by atoms with Crippen LogP contribution in [0.4, 0.5) is 4.39 Å². The minimum absolute atomic E-state index is 0.0193. The predicted molar refractivity (Wildman–Crippen MR) is 59.8 cm³/mol. The Labute approximate surface area is 101 Å². The van der Waals surface area contributed by atoms with E-state index in [9.17, 15) is 9.18 Å². The summed E-state index contributed by atoms with van der Waals surface area (Å²) in [7, 11) is 1.26. The molecule has 0 spiro atoms. The third-order valence-corrected chi connectivity index (χ3v) is 2.80. The summed E-state index contributed by atoms with van der Waals surface area (Å²) in [6.07, 6.45) is -0.108. The molecule has 0 aliphatic rings. The number of methoxy groups -OCH3 is 1. The van der Waals surface area contributed by atoms with Gasteiger partial charge < -0.3 is 4.74 Å². The molecule has 0 unspecified atom stereocenters. The number of rotatable bonds is 3. The fraction of sp³-hybridized carbons (Fsp3) is 0.300. The van der Waals surface area contributed by atoms with Crippen LogP contribution in [0.3, 0.4) is 0 Å². The largest absolute Gasteiger partial charge is 0.469 e. The molecule has 0 aliphatic heterocycles. The van der Waals surface area contributed by atoms with E-state index in [0.29, 0.717) is 5.33 Å². The number of alkyl halides is 1. The van der Waals surface area contributed by atoms with Crippen molar-refractivity contribution >= 4 is 33.5 Å². The summed E-state index contributed by atoms with van der Waals surface area (Å²) in [4.78, 5) is 11.0. The van der Waals surface area contributed by atoms with E-state index in [0.717, 1.165) is 5.56 Å². The molecule has 1 rings (SSSR count). The molecule has 0 radical (unpaired) electrons. The Hall–Kier alpha value is -0.610. The van der Waals surface area contributed by atoms with Gasteiger partial charge >= 0.3 is 5.97 Å². The van der Waals surface area contributed by atoms with Crippen molar-refractivity contribution < 1.29 is 13.9 Å². The number of benzene rings is 1. The molecule has 5 heteroatoms. The molecule has 0 bridgehead atoms. The van der Waals surface area contributed by atoms with E-state index < -0.39 is 11.8 Å². The number of carbonyl (C=O) groups is 1. The van der Waals surface area contributed by atoms with E-state index in [4.69, 9.17) is 11.6 Å². The molecule has 0 aromatic heterocycles. The lowest BCUT2D eigenvalue weighted by Gasteiger charge is -2.06. The monoisotopic (exact) mass is 294 g/mol. The van der Waals surface area contributed by atoms with Crippen molar-refractivity contribution in [2.45, 2.75) is 11.8 Å². The van der Waals surface area contributed by atoms with E-state index >= 15 is 0 Å². The van der Waals surface area contributed by atoms with Gasteiger partial charge in [-0.3, -0.25) is 4.79 Å². The van der Waals surface area contributed by atoms with Crippen LogP contribution in [0, 0.1) is 5.82 Å². The van der Waals surface area contributed by atoms with Gasteiger partial charge in [-0.2, -0.15) is 0 Å². The second kappa shape index (κ2) is 5.47. The zero-order valence-electron chi connectivity index (χ0n) is 8.02. The Kier molecular flexibility index (Phi) is 4.54. The molecule has 1 aromatic rings. The smallest absolute Gasteiger partial charge is 0.310 e. The van der Waals surface area contributed by atoms with Gasteiger partial charge in [0.25, 0.3) is 0 Å². The Bertz CT molecular complexity index is 382. The van der Waals surface area contributed by atoms with Crippen LogP contribution in [0.15, 0.2) is 12.1 Å². The van der Waals surface area contributed by atoms with Crippen LogP contribution in [-0.4, -0.2) is 13.1 Å². The van der Waals surface area contributed by atoms with E-state index in [2.05, 4.69) is 20.7 Å². The summed E-state index contributed by atoms with van der Waals surface area (Å²) in [5.74, 6) is -1.05. The molecule has 0 aliphatic carbocycles. The Morgan fingerprint density at radius 2 is 2.27 bits per heavy atom. The summed E-state index contributed by atoms with van der Waals surface area (Å²) >= 11 is 8.91. The van der Waals surface area contributed by atoms with Crippen molar-refractivity contribution in [2.75, 3.05) is 7.11 Å². The minimum atomic E-state index is -0.563. The van der Waals surface area contributed by atoms with Gasteiger partial charge in [0, 0.05) is 10.9 Å². The van der Waals surface area contributed by atoms with Gasteiger partial charge in [0.1, 0.15) is 5.82 Å². The standard InChI is InChI=1S/C10H9BrClFO2/c1-15-9(14)4-7-2-6(5-11)3-8(12)10(7)13/h2-3H,4-5H2,1H3. The van der Waals surface area contributed by atoms with Crippen LogP contribution in [0.2, 0.25) is 5.02 Å². The molecule has 0 saturated heterocycles. The topological polar surface area (TPSA) is 26.3 Å². The zero-order valence-corrected chi connectivity index (χ0v) is 10.4. The van der Waals surface area contributed by atoms with Crippen molar-refractivity contribution in [3.63, 3.8) is 0 Å². The second-order valence-electron chi connectivity index (χ2n) is 2.94. The van der Waals surface area contributed by atoms with Gasteiger partial charge in [0.2, 0.25) is 0 Å². The average molecular weight is 296 g/mol. The first kappa shape index (κ1) is 12.5. The van der Waals surface area contributed by atoms with Gasteiger partial charge in [-0.15, -0.1) is 0 Å². The lowest BCUT2D eigenvalue weighted by Crippen LogP contribution is -2.07. The third kappa shape index (κ3) is 3.18. The maximum atomic E-state index is 13.5. The number of hydrogen-bond donors (Lipinski definition) is 0. The maximum Gasteiger partial charge on any atom is 0.310 e. The highest BCUT2D eigenvalue weighted by atomic mass is 79.9. The first-order valence-corrected chi connectivity index (χ1v) is 5.68. The molecule has 82 valence electrons. The highest BCUT2D eigenvalue weighted by molar-refractivity contribution is 9.08. The van der Waals surface area contributed by atoms with Crippen molar-refractivity contribution in [1.82, 2.24) is 0 Å². The molecule has 15 heavy (non-hydrogen) atoms. The Morgan fingerprint density at radius 1 is 1.60 bits per heavy atom. The van der Waals surface area contributed by atoms with Crippen LogP contribution in [0.5, 0.6) is 0 Å². The molecule has 0 atom stereocenters. The summed E-state index contributed by atoms with van der Waals surface area (Å²) in [5.41, 5.74) is 1.07. The van der Waals surface area contributed by atoms with E-state index in [1.807, 2.05) is 0 Å². The Balaban J connectivity index is 3.05. The highest BCUT2D eigenvalue weighted by Gasteiger charge is 2.12. The van der Waals surface area contributed by atoms with E-state index in [-0.39, 0.29) is 17.0 Å². The molecular weight excluding hydrogens is 286 g/mol. The lowest BCUT2D eigenvalue weighted by atomic mass is 10.1. The van der Waals surface area contributed by atoms with Gasteiger partial charge in [-0.25, -0.2) is 4.39 Å². The lowest BCUT2D eigenvalue weighted by molar-refractivity contribution is -0.139. The first-order valence-electron chi connectivity index (χ1n) is 4.18. The minimum Gasteiger partial charge on any atom is -0.469 e. The summed E-state index contributed by atoms with van der Waals surface area (Å²) in [5, 5.41) is 0.576. The summed E-state index contributed by atoms with van der Waals surface area (Å²) < 4.78 is 17.9. The predicted octanol–water partition coefficient (Wildman–Crippen LogP) is 3.09. The fourth-order valence-electron chi connectivity index (χ4n) is 1.14. The summed E-state index contributed by atoms with van der Waals surface area (Å²) in [6, 6.07) is 3.11. The third-order valence-electron chi connectivity index (χ3n) is 1.88. The molecule has 0 saturated carbocycles. The normalized spacial score (nSPS) is 10.1. The zero-order chi connectivity index (χ0) is 11.4. The number of halogens is 3. The number of hydrogen-bond acceptors (Lipinski definition) is 2. The SMILES string of the molecule is COC(=O)Cc1cc(CBr)cc(Cl)c1F. The van der Waals surface area contributed by atoms with Crippen LogP contribution in [0.1, 0.15) is 11.1 Å². The number of ether oxygens (including phenoxy) is 1. The first-order chi connectivity index (χ1) is 7.08. The van der Waals surface area contributed by atoms with Gasteiger partial charge in [0.05, 0.1) is 18.6 Å². The molecule has 0 fully saturated rings. The molecule has 0 heterocycles. The van der Waals surface area contributed by atoms with Crippen LogP contribution in [-0.2, 0) is 21.3 Å². The number of esters is 1. The van der Waals surface area contributed by atoms with Crippen molar-refractivity contribution in [3.05, 3.63) is 34.1 Å². The van der Waals surface area contributed by atoms with E-state index in [1.54, 1.807) is 6.07 Å². The fourth-order valence-corrected chi connectivity index (χ4v) is 1.73. The van der Waals surface area contributed by atoms with Crippen LogP contribution >= 0.6 is 27.5 Å². The molecule has 2 nitrogen and oxygen atoms in total. The van der Waals surface area contributed by atoms with Gasteiger partial charge in [0.15, 0.2) is 0 Å². The van der Waals surface area contributed by atoms with Gasteiger partial charge in [-0.05, 0) is 11.6 Å². The average Bonchev–Trinajstić information content (AvgIpc) is 2.24. The van der Waals surface area contributed by atoms with Gasteiger partial charge in [-0.1, -0.05) is 33.6 Å². The van der Waals surface area contributed by atoms with Crippen molar-refractivity contribution in [2.24, 2.45) is 0 Å².